The van der Waals surface area contributed by atoms with Crippen LogP contribution < -0.4 is 40.1 Å². The maximum Gasteiger partial charge on any atom is 1.00 e. The predicted molar refractivity (Wildman–Crippen MR) is 214 cm³/mol. The zero-order chi connectivity index (χ0) is 41.2. The summed E-state index contributed by atoms with van der Waals surface area (Å²) >= 11 is 0. The number of esters is 3. The van der Waals surface area contributed by atoms with Gasteiger partial charge in [0.15, 0.2) is 0 Å². The van der Waals surface area contributed by atoms with Gasteiger partial charge in [-0.3, -0.25) is 33.9 Å². The third kappa shape index (κ3) is 40.0. The number of amidine groups is 1. The Bertz CT molecular complexity index is 970. The van der Waals surface area contributed by atoms with Gasteiger partial charge >= 0.3 is 47.5 Å². The molecule has 0 fully saturated rings. The van der Waals surface area contributed by atoms with Crippen molar-refractivity contribution in [2.75, 3.05) is 65.6 Å². The van der Waals surface area contributed by atoms with E-state index in [0.29, 0.717) is 6.42 Å². The van der Waals surface area contributed by atoms with E-state index < -0.39 is 17.9 Å². The van der Waals surface area contributed by atoms with Gasteiger partial charge in [-0.05, 0) is 33.6 Å². The number of hydrogen-bond donors (Lipinski definition) is 1. The fourth-order valence-corrected chi connectivity index (χ4v) is 5.87. The van der Waals surface area contributed by atoms with Crippen LogP contribution in [0, 0.1) is 0 Å². The first kappa shape index (κ1) is 58.1. The van der Waals surface area contributed by atoms with Crippen molar-refractivity contribution >= 4 is 36.1 Å². The molecule has 0 aromatic heterocycles. The number of ether oxygens (including phenoxy) is 3. The number of carbonyl (C=O) groups is 5. The molecule has 0 aromatic carbocycles. The average Bonchev–Trinajstić information content (AvgIpc) is 3.69. The topological polar surface area (TPSA) is 176 Å². The first-order valence-electron chi connectivity index (χ1n) is 21.2. The van der Waals surface area contributed by atoms with Gasteiger partial charge in [0.2, 0.25) is 5.91 Å². The molecule has 1 aliphatic heterocycles. The molecule has 0 unspecified atom stereocenters. The van der Waals surface area contributed by atoms with Gasteiger partial charge in [-0.25, -0.2) is 0 Å². The van der Waals surface area contributed by atoms with E-state index >= 15 is 0 Å². The summed E-state index contributed by atoms with van der Waals surface area (Å²) in [5.41, 5.74) is 0. The number of amides is 1. The van der Waals surface area contributed by atoms with E-state index in [4.69, 9.17) is 24.3 Å². The summed E-state index contributed by atoms with van der Waals surface area (Å²) in [7, 11) is 0. The smallest absolute Gasteiger partial charge is 0.662 e. The Labute approximate surface area is 361 Å². The third-order valence-electron chi connectivity index (χ3n) is 8.77. The Hall–Kier alpha value is -2.26. The molecular formula is C41H77N4NaO10. The summed E-state index contributed by atoms with van der Waals surface area (Å²) < 4.78 is 15.0. The average molecular weight is 809 g/mol. The molecule has 322 valence electrons. The molecule has 0 aliphatic carbocycles. The van der Waals surface area contributed by atoms with Crippen LogP contribution in [0.25, 0.3) is 0 Å². The molecule has 0 aromatic rings. The molecule has 14 nitrogen and oxygen atoms in total. The van der Waals surface area contributed by atoms with Crippen LogP contribution in [0.15, 0.2) is 4.99 Å². The number of nitrogens with one attached hydrogen (secondary N) is 1. The summed E-state index contributed by atoms with van der Waals surface area (Å²) in [6.45, 7) is 12.2. The molecule has 1 rings (SSSR count). The fourth-order valence-electron chi connectivity index (χ4n) is 5.87. The van der Waals surface area contributed by atoms with Crippen LogP contribution in [-0.4, -0.2) is 112 Å². The van der Waals surface area contributed by atoms with Crippen molar-refractivity contribution in [3.05, 3.63) is 0 Å². The van der Waals surface area contributed by atoms with E-state index in [1.54, 1.807) is 25.7 Å². The summed E-state index contributed by atoms with van der Waals surface area (Å²) in [5, 5.41) is 11.8. The maximum atomic E-state index is 12.9. The van der Waals surface area contributed by atoms with E-state index in [0.717, 1.165) is 32.4 Å². The number of nitrogens with zero attached hydrogens (tertiary/aromatic N) is 3. The van der Waals surface area contributed by atoms with Gasteiger partial charge in [-0.1, -0.05) is 117 Å². The molecule has 0 radical (unpaired) electrons. The van der Waals surface area contributed by atoms with Crippen molar-refractivity contribution in [1.29, 1.82) is 0 Å². The van der Waals surface area contributed by atoms with Crippen molar-refractivity contribution in [2.24, 2.45) is 4.99 Å². The van der Waals surface area contributed by atoms with Crippen molar-refractivity contribution in [2.45, 2.75) is 163 Å². The molecule has 0 bridgehead atoms. The second-order valence-electron chi connectivity index (χ2n) is 13.5. The zero-order valence-electron chi connectivity index (χ0n) is 36.2. The second kappa shape index (κ2) is 45.4. The number of aliphatic imine (C=N–C) groups is 1. The zero-order valence-corrected chi connectivity index (χ0v) is 38.2. The number of unbranched alkanes of at least 4 members (excludes halogenated alkanes) is 16. The first-order chi connectivity index (χ1) is 26.7. The second-order valence-corrected chi connectivity index (χ2v) is 13.5. The Balaban J connectivity index is -0.00000110. The fraction of sp³-hybridized carbons (Fsp3) is 0.854. The maximum absolute atomic E-state index is 12.9. The Morgan fingerprint density at radius 1 is 0.643 bits per heavy atom. The van der Waals surface area contributed by atoms with E-state index in [2.05, 4.69) is 29.0 Å². The summed E-state index contributed by atoms with van der Waals surface area (Å²) in [6, 6.07) is 0. The quantitative estimate of drug-likeness (QED) is 0.0196. The van der Waals surface area contributed by atoms with Gasteiger partial charge in [0, 0.05) is 32.5 Å². The van der Waals surface area contributed by atoms with Gasteiger partial charge in [0.25, 0.3) is 6.47 Å². The summed E-state index contributed by atoms with van der Waals surface area (Å²) in [4.78, 5) is 67.6. The molecular weight excluding hydrogens is 731 g/mol. The minimum atomic E-state index is -0.477. The molecule has 1 N–H and O–H groups in total. The van der Waals surface area contributed by atoms with Crippen LogP contribution >= 0.6 is 0 Å². The van der Waals surface area contributed by atoms with Gasteiger partial charge in [-0.15, -0.1) is 0 Å². The van der Waals surface area contributed by atoms with Crippen LogP contribution in [0.3, 0.4) is 0 Å². The number of hydrogen-bond acceptors (Lipinski definition) is 13. The SMILES string of the molecule is CCCCCCCCCCCC(=O)N(CCN(CC(=O)OCC)CC(=O)OCC)CC(=O)OCC.CCCCCCCCCCCC1=NCCN1.O=CO[O-].[Na+]. The van der Waals surface area contributed by atoms with Gasteiger partial charge in [-0.2, -0.15) is 0 Å². The van der Waals surface area contributed by atoms with Crippen molar-refractivity contribution < 1.29 is 77.9 Å². The van der Waals surface area contributed by atoms with Crippen LogP contribution in [0.4, 0.5) is 0 Å². The van der Waals surface area contributed by atoms with Crippen molar-refractivity contribution in [3.8, 4) is 0 Å². The van der Waals surface area contributed by atoms with Gasteiger partial charge in [0.05, 0.1) is 45.3 Å². The molecule has 56 heavy (non-hydrogen) atoms. The third-order valence-corrected chi connectivity index (χ3v) is 8.77. The van der Waals surface area contributed by atoms with E-state index in [-0.39, 0.29) is 94.5 Å². The molecule has 0 saturated carbocycles. The first-order valence-corrected chi connectivity index (χ1v) is 21.2. The van der Waals surface area contributed by atoms with Crippen molar-refractivity contribution in [1.82, 2.24) is 15.1 Å². The van der Waals surface area contributed by atoms with Gasteiger partial charge < -0.3 is 34.6 Å². The minimum Gasteiger partial charge on any atom is -0.662 e. The van der Waals surface area contributed by atoms with Crippen LogP contribution in [0.2, 0.25) is 0 Å². The standard InChI is InChI=1S/C26H48N2O7.C14H28N2.CH2O3.Na/c1-5-9-10-11-12-13-14-15-16-17-23(29)28(22-26(32)35-8-4)19-18-27(20-24(30)33-6-2)21-25(31)34-7-3;1-2-3-4-5-6-7-8-9-10-11-14-15-12-13-16-14;2-1-4-3;/h5-22H2,1-4H3;2-13H2,1H3,(H,15,16);1,3H;/q;;;+1/p-1. The molecule has 0 atom stereocenters. The molecule has 0 spiro atoms. The van der Waals surface area contributed by atoms with Gasteiger partial charge in [0.1, 0.15) is 6.54 Å². The minimum absolute atomic E-state index is 0. The summed E-state index contributed by atoms with van der Waals surface area (Å²) in [6.07, 6.45) is 24.6. The molecule has 0 saturated heterocycles. The predicted octanol–water partition coefficient (Wildman–Crippen LogP) is 3.07. The Kier molecular flexibility index (Phi) is 47.1. The Morgan fingerprint density at radius 3 is 1.45 bits per heavy atom. The number of carbonyl (C=O) groups excluding carboxylic acids is 5. The molecule has 1 heterocycles. The van der Waals surface area contributed by atoms with E-state index in [1.165, 1.54) is 113 Å². The van der Waals surface area contributed by atoms with Crippen LogP contribution in [0.5, 0.6) is 0 Å². The van der Waals surface area contributed by atoms with Crippen molar-refractivity contribution in [3.63, 3.8) is 0 Å². The summed E-state index contributed by atoms with van der Waals surface area (Å²) in [5.74, 6) is -0.282. The molecule has 1 aliphatic rings. The normalized spacial score (nSPS) is 11.4. The number of rotatable bonds is 33. The largest absolute Gasteiger partial charge is 1.00 e. The van der Waals surface area contributed by atoms with Crippen LogP contribution in [-0.2, 0) is 43.1 Å². The van der Waals surface area contributed by atoms with E-state index in [9.17, 15) is 19.2 Å². The molecule has 1 amide bonds. The van der Waals surface area contributed by atoms with E-state index in [1.807, 2.05) is 0 Å². The van der Waals surface area contributed by atoms with Crippen LogP contribution in [0.1, 0.15) is 163 Å². The molecule has 15 heteroatoms. The Morgan fingerprint density at radius 2 is 1.05 bits per heavy atom. The monoisotopic (exact) mass is 809 g/mol.